The highest BCUT2D eigenvalue weighted by Crippen LogP contribution is 2.29. The second-order valence-electron chi connectivity index (χ2n) is 3.94. The number of Topliss-reactive ketones (excluding diaryl/α,β-unsaturated/α-hetero) is 1. The third kappa shape index (κ3) is 2.62. The van der Waals surface area contributed by atoms with E-state index in [1.807, 2.05) is 36.4 Å². The smallest absolute Gasteiger partial charge is 0.142 e. The zero-order chi connectivity index (χ0) is 12.3. The number of benzene rings is 1. The summed E-state index contributed by atoms with van der Waals surface area (Å²) in [5.74, 6) is -0.0144. The van der Waals surface area contributed by atoms with Crippen LogP contribution in [0.5, 0.6) is 0 Å². The lowest BCUT2D eigenvalue weighted by molar-refractivity contribution is -0.117. The van der Waals surface area contributed by atoms with E-state index >= 15 is 0 Å². The number of nitrogens with two attached hydrogens (primary N) is 1. The van der Waals surface area contributed by atoms with Crippen molar-refractivity contribution in [1.82, 2.24) is 0 Å². The summed E-state index contributed by atoms with van der Waals surface area (Å²) >= 11 is 1.49. The van der Waals surface area contributed by atoms with Crippen molar-refractivity contribution < 1.29 is 4.79 Å². The van der Waals surface area contributed by atoms with E-state index in [0.717, 1.165) is 16.0 Å². The maximum absolute atomic E-state index is 11.8. The largest absolute Gasteiger partial charge is 0.326 e. The standard InChI is InChI=1S/C14H14NOS/c1-10(16)14(13-3-2-8-17-13)12-6-4-11(9-15)5-7-12/h2-7,14H,9,15H2,1H3. The Morgan fingerprint density at radius 1 is 1.35 bits per heavy atom. The Labute approximate surface area is 105 Å². The monoisotopic (exact) mass is 244 g/mol. The molecule has 1 aromatic heterocycles. The number of ketones is 1. The lowest BCUT2D eigenvalue weighted by atomic mass is 9.93. The average Bonchev–Trinajstić information content (AvgIpc) is 2.83. The Bertz CT molecular complexity index is 487. The van der Waals surface area contributed by atoms with Gasteiger partial charge in [0.25, 0.3) is 0 Å². The molecule has 3 heteroatoms. The van der Waals surface area contributed by atoms with Gasteiger partial charge in [-0.15, -0.1) is 11.3 Å². The van der Waals surface area contributed by atoms with E-state index in [1.165, 1.54) is 11.3 Å². The number of carbonyl (C=O) groups is 1. The molecule has 1 atom stereocenters. The molecule has 2 aromatic rings. The summed E-state index contributed by atoms with van der Waals surface area (Å²) in [6.45, 7) is 2.15. The van der Waals surface area contributed by atoms with Gasteiger partial charge in [-0.3, -0.25) is 4.79 Å². The Balaban J connectivity index is 2.36. The molecule has 0 saturated carbocycles. The molecule has 0 bridgehead atoms. The van der Waals surface area contributed by atoms with E-state index in [9.17, 15) is 4.79 Å². The lowest BCUT2D eigenvalue weighted by Gasteiger charge is -2.12. The zero-order valence-corrected chi connectivity index (χ0v) is 10.5. The number of rotatable bonds is 4. The van der Waals surface area contributed by atoms with E-state index in [4.69, 9.17) is 5.73 Å². The SMILES string of the molecule is CC(=O)C(c1ccc(CN)cc1)c1cc[c]s1. The van der Waals surface area contributed by atoms with Crippen molar-refractivity contribution in [3.8, 4) is 0 Å². The molecule has 1 heterocycles. The summed E-state index contributed by atoms with van der Waals surface area (Å²) in [5.41, 5.74) is 7.66. The quantitative estimate of drug-likeness (QED) is 0.898. The van der Waals surface area contributed by atoms with Crippen LogP contribution in [0.15, 0.2) is 36.4 Å². The first-order valence-corrected chi connectivity index (χ1v) is 6.29. The van der Waals surface area contributed by atoms with Crippen LogP contribution < -0.4 is 5.73 Å². The summed E-state index contributed by atoms with van der Waals surface area (Å²) in [6, 6.07) is 11.7. The van der Waals surface area contributed by atoms with Gasteiger partial charge in [-0.05, 0) is 30.2 Å². The fraction of sp³-hybridized carbons (Fsp3) is 0.214. The first-order chi connectivity index (χ1) is 8.22. The van der Waals surface area contributed by atoms with Crippen LogP contribution in [-0.2, 0) is 11.3 Å². The fourth-order valence-corrected chi connectivity index (χ4v) is 2.68. The molecular formula is C14H14NOS. The van der Waals surface area contributed by atoms with Crippen LogP contribution in [0.25, 0.3) is 0 Å². The maximum Gasteiger partial charge on any atom is 0.142 e. The van der Waals surface area contributed by atoms with Crippen LogP contribution in [0.1, 0.15) is 28.8 Å². The second-order valence-corrected chi connectivity index (χ2v) is 4.86. The van der Waals surface area contributed by atoms with Crippen LogP contribution in [0.2, 0.25) is 0 Å². The molecular weight excluding hydrogens is 230 g/mol. The van der Waals surface area contributed by atoms with Gasteiger partial charge in [0.1, 0.15) is 5.78 Å². The zero-order valence-electron chi connectivity index (χ0n) is 9.64. The highest BCUT2D eigenvalue weighted by Gasteiger charge is 2.19. The van der Waals surface area contributed by atoms with Crippen molar-refractivity contribution in [3.05, 3.63) is 57.8 Å². The normalized spacial score (nSPS) is 12.4. The van der Waals surface area contributed by atoms with Crippen LogP contribution in [0.4, 0.5) is 0 Å². The Kier molecular flexibility index (Phi) is 3.71. The van der Waals surface area contributed by atoms with Gasteiger partial charge in [-0.2, -0.15) is 0 Å². The molecule has 17 heavy (non-hydrogen) atoms. The third-order valence-electron chi connectivity index (χ3n) is 2.73. The van der Waals surface area contributed by atoms with Crippen LogP contribution >= 0.6 is 11.3 Å². The van der Waals surface area contributed by atoms with Crippen LogP contribution in [0, 0.1) is 5.38 Å². The molecule has 1 unspecified atom stereocenters. The summed E-state index contributed by atoms with van der Waals surface area (Å²) in [5, 5.41) is 3.03. The van der Waals surface area contributed by atoms with Gasteiger partial charge in [-0.1, -0.05) is 24.3 Å². The van der Waals surface area contributed by atoms with Gasteiger partial charge in [-0.25, -0.2) is 0 Å². The second kappa shape index (κ2) is 5.25. The van der Waals surface area contributed by atoms with Crippen LogP contribution in [0.3, 0.4) is 0 Å². The molecule has 0 amide bonds. The summed E-state index contributed by atoms with van der Waals surface area (Å²) in [7, 11) is 0. The number of carbonyl (C=O) groups excluding carboxylic acids is 1. The molecule has 2 rings (SSSR count). The number of thiophene rings is 1. The van der Waals surface area contributed by atoms with Crippen molar-refractivity contribution >= 4 is 17.1 Å². The van der Waals surface area contributed by atoms with Gasteiger partial charge in [0.05, 0.1) is 5.92 Å². The highest BCUT2D eigenvalue weighted by molar-refractivity contribution is 7.09. The fourth-order valence-electron chi connectivity index (χ4n) is 1.85. The minimum Gasteiger partial charge on any atom is -0.326 e. The van der Waals surface area contributed by atoms with Crippen molar-refractivity contribution in [1.29, 1.82) is 0 Å². The molecule has 87 valence electrons. The summed E-state index contributed by atoms with van der Waals surface area (Å²) in [4.78, 5) is 12.8. The molecule has 0 spiro atoms. The van der Waals surface area contributed by atoms with E-state index < -0.39 is 0 Å². The number of hydrogen-bond acceptors (Lipinski definition) is 3. The maximum atomic E-state index is 11.8. The van der Waals surface area contributed by atoms with E-state index in [-0.39, 0.29) is 11.7 Å². The Morgan fingerprint density at radius 2 is 2.06 bits per heavy atom. The first-order valence-electron chi connectivity index (χ1n) is 5.47. The molecule has 0 aliphatic heterocycles. The Morgan fingerprint density at radius 3 is 2.53 bits per heavy atom. The molecule has 1 radical (unpaired) electrons. The van der Waals surface area contributed by atoms with E-state index in [0.29, 0.717) is 6.54 Å². The minimum absolute atomic E-state index is 0.154. The lowest BCUT2D eigenvalue weighted by Crippen LogP contribution is -2.09. The van der Waals surface area contributed by atoms with Gasteiger partial charge >= 0.3 is 0 Å². The minimum atomic E-state index is -0.168. The predicted molar refractivity (Wildman–Crippen MR) is 70.0 cm³/mol. The molecule has 2 nitrogen and oxygen atoms in total. The van der Waals surface area contributed by atoms with Crippen molar-refractivity contribution in [3.63, 3.8) is 0 Å². The summed E-state index contributed by atoms with van der Waals surface area (Å²) in [6.07, 6.45) is 0. The van der Waals surface area contributed by atoms with Crippen molar-refractivity contribution in [2.75, 3.05) is 0 Å². The molecule has 0 saturated heterocycles. The topological polar surface area (TPSA) is 43.1 Å². The third-order valence-corrected chi connectivity index (χ3v) is 3.59. The van der Waals surface area contributed by atoms with Crippen molar-refractivity contribution in [2.45, 2.75) is 19.4 Å². The van der Waals surface area contributed by atoms with E-state index in [2.05, 4.69) is 5.38 Å². The Hall–Kier alpha value is -1.45. The predicted octanol–water partition coefficient (Wildman–Crippen LogP) is 2.73. The molecule has 1 aromatic carbocycles. The van der Waals surface area contributed by atoms with E-state index in [1.54, 1.807) is 6.92 Å². The first kappa shape index (κ1) is 12.0. The van der Waals surface area contributed by atoms with Gasteiger partial charge in [0.15, 0.2) is 0 Å². The molecule has 0 aliphatic carbocycles. The average molecular weight is 244 g/mol. The van der Waals surface area contributed by atoms with Crippen molar-refractivity contribution in [2.24, 2.45) is 5.73 Å². The molecule has 2 N–H and O–H groups in total. The highest BCUT2D eigenvalue weighted by atomic mass is 32.1. The molecule has 0 aliphatic rings. The van der Waals surface area contributed by atoms with Gasteiger partial charge in [0, 0.05) is 16.8 Å². The molecule has 0 fully saturated rings. The van der Waals surface area contributed by atoms with Crippen LogP contribution in [-0.4, -0.2) is 5.78 Å². The number of hydrogen-bond donors (Lipinski definition) is 1. The van der Waals surface area contributed by atoms with Gasteiger partial charge < -0.3 is 5.73 Å². The summed E-state index contributed by atoms with van der Waals surface area (Å²) < 4.78 is 0. The van der Waals surface area contributed by atoms with Gasteiger partial charge in [0.2, 0.25) is 0 Å².